The van der Waals surface area contributed by atoms with Crippen LogP contribution in [0.1, 0.15) is 46.1 Å². The molecule has 34 heavy (non-hydrogen) atoms. The summed E-state index contributed by atoms with van der Waals surface area (Å²) < 4.78 is 46.4. The number of amides is 1. The normalized spacial score (nSPS) is 16.6. The first kappa shape index (κ1) is 25.8. The van der Waals surface area contributed by atoms with Crippen molar-refractivity contribution >= 4 is 27.6 Å². The molecule has 0 aromatic heterocycles. The molecule has 9 heteroatoms. The maximum absolute atomic E-state index is 13.7. The summed E-state index contributed by atoms with van der Waals surface area (Å²) in [5, 5.41) is 2.40. The number of halogens is 1. The molecular formula is C25H31FN2O5S. The molecule has 0 saturated carbocycles. The predicted molar refractivity (Wildman–Crippen MR) is 127 cm³/mol. The molecule has 3 rings (SSSR count). The zero-order chi connectivity index (χ0) is 25.1. The third-order valence-corrected chi connectivity index (χ3v) is 7.85. The van der Waals surface area contributed by atoms with Gasteiger partial charge in [-0.3, -0.25) is 9.59 Å². The number of nitrogens with one attached hydrogen (secondary N) is 1. The number of piperidine rings is 1. The first-order chi connectivity index (χ1) is 15.9. The van der Waals surface area contributed by atoms with Crippen LogP contribution in [0.2, 0.25) is 0 Å². The highest BCUT2D eigenvalue weighted by atomic mass is 32.2. The third-order valence-electron chi connectivity index (χ3n) is 5.94. The maximum atomic E-state index is 13.7. The van der Waals surface area contributed by atoms with Crippen molar-refractivity contribution < 1.29 is 27.1 Å². The summed E-state index contributed by atoms with van der Waals surface area (Å²) >= 11 is 0. The standard InChI is InChI=1S/C25H31FN2O5S/c1-17(23(29)27-22-8-6-5-7-21(22)26)33-24(30)18-13-15-28(16-14-18)34(31,32)20-11-9-19(10-12-20)25(2,3)4/h5-12,17-18H,13-16H2,1-4H3,(H,27,29). The number of hydrogen-bond acceptors (Lipinski definition) is 5. The van der Waals surface area contributed by atoms with E-state index in [1.54, 1.807) is 18.2 Å². The number of esters is 1. The van der Waals surface area contributed by atoms with Crippen molar-refractivity contribution in [1.29, 1.82) is 0 Å². The molecule has 1 saturated heterocycles. The molecule has 184 valence electrons. The van der Waals surface area contributed by atoms with Crippen LogP contribution in [-0.2, 0) is 29.8 Å². The lowest BCUT2D eigenvalue weighted by Gasteiger charge is -2.30. The largest absolute Gasteiger partial charge is 0.452 e. The first-order valence-electron chi connectivity index (χ1n) is 11.3. The second-order valence-electron chi connectivity index (χ2n) is 9.50. The Hall–Kier alpha value is -2.78. The number of para-hydroxylation sites is 1. The highest BCUT2D eigenvalue weighted by Gasteiger charge is 2.34. The SMILES string of the molecule is CC(OC(=O)C1CCN(S(=O)(=O)c2ccc(C(C)(C)C)cc2)CC1)C(=O)Nc1ccccc1F. The molecule has 1 atom stereocenters. The van der Waals surface area contributed by atoms with E-state index in [-0.39, 0.29) is 29.1 Å². The van der Waals surface area contributed by atoms with Gasteiger partial charge in [0.15, 0.2) is 6.10 Å². The molecule has 1 fully saturated rings. The number of carbonyl (C=O) groups is 2. The van der Waals surface area contributed by atoms with E-state index in [4.69, 9.17) is 4.74 Å². The molecule has 2 aromatic rings. The highest BCUT2D eigenvalue weighted by molar-refractivity contribution is 7.89. The van der Waals surface area contributed by atoms with Gasteiger partial charge in [0.05, 0.1) is 16.5 Å². The molecule has 1 aliphatic rings. The van der Waals surface area contributed by atoms with Crippen LogP contribution in [0.15, 0.2) is 53.4 Å². The fraction of sp³-hybridized carbons (Fsp3) is 0.440. The van der Waals surface area contributed by atoms with E-state index in [2.05, 4.69) is 26.1 Å². The predicted octanol–water partition coefficient (Wildman–Crippen LogP) is 4.09. The molecule has 1 heterocycles. The molecule has 7 nitrogen and oxygen atoms in total. The molecule has 0 spiro atoms. The Morgan fingerprint density at radius 3 is 2.21 bits per heavy atom. The molecule has 2 aromatic carbocycles. The number of ether oxygens (including phenoxy) is 1. The van der Waals surface area contributed by atoms with E-state index < -0.39 is 39.7 Å². The van der Waals surface area contributed by atoms with Gasteiger partial charge in [-0.25, -0.2) is 12.8 Å². The fourth-order valence-electron chi connectivity index (χ4n) is 3.73. The summed E-state index contributed by atoms with van der Waals surface area (Å²) in [4.78, 5) is 25.0. The lowest BCUT2D eigenvalue weighted by atomic mass is 9.87. The number of hydrogen-bond donors (Lipinski definition) is 1. The highest BCUT2D eigenvalue weighted by Crippen LogP contribution is 2.27. The van der Waals surface area contributed by atoms with E-state index in [0.29, 0.717) is 12.8 Å². The van der Waals surface area contributed by atoms with E-state index in [1.165, 1.54) is 29.4 Å². The number of rotatable bonds is 6. The van der Waals surface area contributed by atoms with Crippen LogP contribution >= 0.6 is 0 Å². The molecule has 1 amide bonds. The minimum absolute atomic E-state index is 0.00412. The summed E-state index contributed by atoms with van der Waals surface area (Å²) in [7, 11) is -3.67. The van der Waals surface area contributed by atoms with Gasteiger partial charge in [0.2, 0.25) is 10.0 Å². The quantitative estimate of drug-likeness (QED) is 0.616. The summed E-state index contributed by atoms with van der Waals surface area (Å²) in [6, 6.07) is 12.6. The Balaban J connectivity index is 1.55. The van der Waals surface area contributed by atoms with Crippen LogP contribution < -0.4 is 5.32 Å². The van der Waals surface area contributed by atoms with Crippen LogP contribution in [0.5, 0.6) is 0 Å². The lowest BCUT2D eigenvalue weighted by Crippen LogP contribution is -2.41. The van der Waals surface area contributed by atoms with E-state index in [1.807, 2.05) is 12.1 Å². The van der Waals surface area contributed by atoms with Crippen molar-refractivity contribution in [2.24, 2.45) is 5.92 Å². The Labute approximate surface area is 200 Å². The van der Waals surface area contributed by atoms with Crippen LogP contribution in [0.25, 0.3) is 0 Å². The minimum atomic E-state index is -3.67. The van der Waals surface area contributed by atoms with Gasteiger partial charge in [0.1, 0.15) is 5.82 Å². The van der Waals surface area contributed by atoms with Gasteiger partial charge >= 0.3 is 5.97 Å². The molecule has 0 bridgehead atoms. The second-order valence-corrected chi connectivity index (χ2v) is 11.4. The van der Waals surface area contributed by atoms with Crippen LogP contribution in [0.4, 0.5) is 10.1 Å². The zero-order valence-corrected chi connectivity index (χ0v) is 20.7. The summed E-state index contributed by atoms with van der Waals surface area (Å²) in [5.74, 6) is -2.31. The fourth-order valence-corrected chi connectivity index (χ4v) is 5.20. The molecule has 1 aliphatic heterocycles. The van der Waals surface area contributed by atoms with Gasteiger partial charge in [-0.15, -0.1) is 0 Å². The van der Waals surface area contributed by atoms with Gasteiger partial charge in [-0.1, -0.05) is 45.0 Å². The van der Waals surface area contributed by atoms with Gasteiger partial charge in [-0.2, -0.15) is 4.31 Å². The van der Waals surface area contributed by atoms with Gasteiger partial charge in [0, 0.05) is 13.1 Å². The average molecular weight is 491 g/mol. The average Bonchev–Trinajstić information content (AvgIpc) is 2.80. The Morgan fingerprint density at radius 1 is 1.06 bits per heavy atom. The Kier molecular flexibility index (Phi) is 7.77. The van der Waals surface area contributed by atoms with Crippen molar-refractivity contribution in [2.75, 3.05) is 18.4 Å². The number of carbonyl (C=O) groups excluding carboxylic acids is 2. The van der Waals surface area contributed by atoms with Crippen molar-refractivity contribution in [3.8, 4) is 0 Å². The molecule has 1 N–H and O–H groups in total. The van der Waals surface area contributed by atoms with Crippen molar-refractivity contribution in [2.45, 2.75) is 57.0 Å². The minimum Gasteiger partial charge on any atom is -0.452 e. The smallest absolute Gasteiger partial charge is 0.309 e. The summed E-state index contributed by atoms with van der Waals surface area (Å²) in [6.45, 7) is 7.95. The van der Waals surface area contributed by atoms with Crippen LogP contribution in [-0.4, -0.2) is 43.8 Å². The molecule has 1 unspecified atom stereocenters. The molecule has 0 radical (unpaired) electrons. The monoisotopic (exact) mass is 490 g/mol. The van der Waals surface area contributed by atoms with Gasteiger partial charge < -0.3 is 10.1 Å². The summed E-state index contributed by atoms with van der Waals surface area (Å²) in [5.41, 5.74) is 0.968. The topological polar surface area (TPSA) is 92.8 Å². The van der Waals surface area contributed by atoms with E-state index in [9.17, 15) is 22.4 Å². The van der Waals surface area contributed by atoms with Crippen LogP contribution in [0.3, 0.4) is 0 Å². The molecular weight excluding hydrogens is 459 g/mol. The van der Waals surface area contributed by atoms with Crippen LogP contribution in [0, 0.1) is 11.7 Å². The third kappa shape index (κ3) is 6.01. The number of anilines is 1. The van der Waals surface area contributed by atoms with Crippen molar-refractivity contribution in [3.63, 3.8) is 0 Å². The maximum Gasteiger partial charge on any atom is 0.309 e. The first-order valence-corrected chi connectivity index (χ1v) is 12.7. The second kappa shape index (κ2) is 10.2. The molecule has 0 aliphatic carbocycles. The van der Waals surface area contributed by atoms with Crippen molar-refractivity contribution in [1.82, 2.24) is 4.31 Å². The van der Waals surface area contributed by atoms with E-state index in [0.717, 1.165) is 5.56 Å². The number of nitrogens with zero attached hydrogens (tertiary/aromatic N) is 1. The van der Waals surface area contributed by atoms with Crippen molar-refractivity contribution in [3.05, 3.63) is 59.9 Å². The zero-order valence-electron chi connectivity index (χ0n) is 19.9. The van der Waals surface area contributed by atoms with Gasteiger partial charge in [-0.05, 0) is 55.0 Å². The summed E-state index contributed by atoms with van der Waals surface area (Å²) in [6.07, 6.45) is -0.533. The Bertz CT molecular complexity index is 1130. The lowest BCUT2D eigenvalue weighted by molar-refractivity contribution is -0.158. The van der Waals surface area contributed by atoms with E-state index >= 15 is 0 Å². The number of benzene rings is 2. The Morgan fingerprint density at radius 2 is 1.65 bits per heavy atom. The number of sulfonamides is 1. The van der Waals surface area contributed by atoms with Gasteiger partial charge in [0.25, 0.3) is 5.91 Å².